The maximum Gasteiger partial charge on any atom is 0.220 e. The highest BCUT2D eigenvalue weighted by molar-refractivity contribution is 5.75. The SMILES string of the molecule is CCC(C)N(C)CCNC(=O)CCCNC. The van der Waals surface area contributed by atoms with Gasteiger partial charge in [-0.25, -0.2) is 0 Å². The van der Waals surface area contributed by atoms with Crippen LogP contribution in [0.4, 0.5) is 0 Å². The van der Waals surface area contributed by atoms with E-state index in [-0.39, 0.29) is 5.91 Å². The molecule has 0 heterocycles. The summed E-state index contributed by atoms with van der Waals surface area (Å²) in [5.41, 5.74) is 0. The van der Waals surface area contributed by atoms with Crippen molar-refractivity contribution >= 4 is 5.91 Å². The van der Waals surface area contributed by atoms with E-state index in [1.165, 1.54) is 0 Å². The van der Waals surface area contributed by atoms with Crippen molar-refractivity contribution in [3.05, 3.63) is 0 Å². The zero-order chi connectivity index (χ0) is 12.4. The molecule has 0 spiro atoms. The van der Waals surface area contributed by atoms with Gasteiger partial charge >= 0.3 is 0 Å². The lowest BCUT2D eigenvalue weighted by atomic mass is 10.2. The van der Waals surface area contributed by atoms with Gasteiger partial charge in [-0.3, -0.25) is 4.79 Å². The molecule has 16 heavy (non-hydrogen) atoms. The highest BCUT2D eigenvalue weighted by Crippen LogP contribution is 1.98. The van der Waals surface area contributed by atoms with Gasteiger partial charge in [0.05, 0.1) is 0 Å². The van der Waals surface area contributed by atoms with Gasteiger partial charge < -0.3 is 15.5 Å². The molecule has 0 radical (unpaired) electrons. The van der Waals surface area contributed by atoms with Gasteiger partial charge in [0.15, 0.2) is 0 Å². The average Bonchev–Trinajstić information content (AvgIpc) is 2.28. The molecule has 0 aliphatic heterocycles. The van der Waals surface area contributed by atoms with Gasteiger partial charge in [0, 0.05) is 25.6 Å². The summed E-state index contributed by atoms with van der Waals surface area (Å²) in [7, 11) is 4.00. The first-order chi connectivity index (χ1) is 7.61. The van der Waals surface area contributed by atoms with Crippen LogP contribution in [0.15, 0.2) is 0 Å². The fourth-order valence-corrected chi connectivity index (χ4v) is 1.42. The number of carbonyl (C=O) groups is 1. The van der Waals surface area contributed by atoms with E-state index in [9.17, 15) is 4.79 Å². The number of nitrogens with one attached hydrogen (secondary N) is 2. The Morgan fingerprint density at radius 1 is 1.38 bits per heavy atom. The summed E-state index contributed by atoms with van der Waals surface area (Å²) in [6.45, 7) is 6.96. The molecule has 4 heteroatoms. The molecule has 2 N–H and O–H groups in total. The molecule has 0 saturated carbocycles. The summed E-state index contributed by atoms with van der Waals surface area (Å²) in [6, 6.07) is 0.584. The van der Waals surface area contributed by atoms with Crippen LogP contribution in [0.2, 0.25) is 0 Å². The van der Waals surface area contributed by atoms with Crippen LogP contribution in [0.1, 0.15) is 33.1 Å². The van der Waals surface area contributed by atoms with Crippen molar-refractivity contribution in [2.75, 3.05) is 33.7 Å². The summed E-state index contributed by atoms with van der Waals surface area (Å²) in [5, 5.41) is 5.97. The second kappa shape index (κ2) is 9.60. The van der Waals surface area contributed by atoms with Gasteiger partial charge in [-0.15, -0.1) is 0 Å². The number of hydrogen-bond donors (Lipinski definition) is 2. The summed E-state index contributed by atoms with van der Waals surface area (Å²) in [4.78, 5) is 13.7. The van der Waals surface area contributed by atoms with E-state index in [2.05, 4.69) is 36.4 Å². The lowest BCUT2D eigenvalue weighted by molar-refractivity contribution is -0.121. The van der Waals surface area contributed by atoms with Crippen LogP contribution in [0.3, 0.4) is 0 Å². The third kappa shape index (κ3) is 7.65. The zero-order valence-corrected chi connectivity index (χ0v) is 11.2. The Balaban J connectivity index is 3.46. The Kier molecular flexibility index (Phi) is 9.24. The minimum Gasteiger partial charge on any atom is -0.355 e. The quantitative estimate of drug-likeness (QED) is 0.576. The minimum atomic E-state index is 0.160. The molecular weight excluding hydrogens is 202 g/mol. The van der Waals surface area contributed by atoms with E-state index in [0.717, 1.165) is 32.5 Å². The molecule has 0 saturated heterocycles. The van der Waals surface area contributed by atoms with Crippen molar-refractivity contribution < 1.29 is 4.79 Å². The van der Waals surface area contributed by atoms with Crippen LogP contribution < -0.4 is 10.6 Å². The lowest BCUT2D eigenvalue weighted by Gasteiger charge is -2.23. The molecule has 0 aromatic carbocycles. The molecule has 4 nitrogen and oxygen atoms in total. The van der Waals surface area contributed by atoms with Gasteiger partial charge in [0.25, 0.3) is 0 Å². The van der Waals surface area contributed by atoms with Crippen LogP contribution in [-0.4, -0.2) is 50.6 Å². The number of rotatable bonds is 9. The molecular formula is C12H27N3O. The van der Waals surface area contributed by atoms with Crippen molar-refractivity contribution in [3.8, 4) is 0 Å². The first-order valence-electron chi connectivity index (χ1n) is 6.23. The summed E-state index contributed by atoms with van der Waals surface area (Å²) < 4.78 is 0. The monoisotopic (exact) mass is 229 g/mol. The van der Waals surface area contributed by atoms with Crippen molar-refractivity contribution in [1.29, 1.82) is 0 Å². The van der Waals surface area contributed by atoms with Crippen molar-refractivity contribution in [2.24, 2.45) is 0 Å². The number of likely N-dealkylation sites (N-methyl/N-ethyl adjacent to an activating group) is 1. The van der Waals surface area contributed by atoms with Crippen LogP contribution in [-0.2, 0) is 4.79 Å². The zero-order valence-electron chi connectivity index (χ0n) is 11.2. The van der Waals surface area contributed by atoms with Crippen LogP contribution in [0.5, 0.6) is 0 Å². The fraction of sp³-hybridized carbons (Fsp3) is 0.917. The van der Waals surface area contributed by atoms with E-state index in [1.54, 1.807) is 0 Å². The average molecular weight is 229 g/mol. The van der Waals surface area contributed by atoms with E-state index in [1.807, 2.05) is 7.05 Å². The number of hydrogen-bond acceptors (Lipinski definition) is 3. The third-order valence-corrected chi connectivity index (χ3v) is 2.96. The minimum absolute atomic E-state index is 0.160. The molecule has 0 fully saturated rings. The molecule has 96 valence electrons. The maximum absolute atomic E-state index is 11.4. The predicted molar refractivity (Wildman–Crippen MR) is 68.6 cm³/mol. The molecule has 1 unspecified atom stereocenters. The Morgan fingerprint density at radius 3 is 2.62 bits per heavy atom. The summed E-state index contributed by atoms with van der Waals surface area (Å²) in [6.07, 6.45) is 2.67. The number of amides is 1. The van der Waals surface area contributed by atoms with Crippen LogP contribution in [0, 0.1) is 0 Å². The van der Waals surface area contributed by atoms with E-state index >= 15 is 0 Å². The molecule has 0 bridgehead atoms. The van der Waals surface area contributed by atoms with Gasteiger partial charge in [0.2, 0.25) is 5.91 Å². The molecule has 0 aromatic heterocycles. The normalized spacial score (nSPS) is 12.8. The Morgan fingerprint density at radius 2 is 2.06 bits per heavy atom. The Labute approximate surface area is 99.8 Å². The third-order valence-electron chi connectivity index (χ3n) is 2.96. The molecule has 0 rings (SSSR count). The molecule has 0 aliphatic rings. The summed E-state index contributed by atoms with van der Waals surface area (Å²) in [5.74, 6) is 0.160. The van der Waals surface area contributed by atoms with Gasteiger partial charge in [-0.05, 0) is 40.4 Å². The number of carbonyl (C=O) groups excluding carboxylic acids is 1. The van der Waals surface area contributed by atoms with Crippen LogP contribution >= 0.6 is 0 Å². The first-order valence-corrected chi connectivity index (χ1v) is 6.23. The van der Waals surface area contributed by atoms with E-state index in [0.29, 0.717) is 12.5 Å². The smallest absolute Gasteiger partial charge is 0.220 e. The van der Waals surface area contributed by atoms with Gasteiger partial charge in [0.1, 0.15) is 0 Å². The molecule has 0 aromatic rings. The predicted octanol–water partition coefficient (Wildman–Crippen LogP) is 0.833. The highest BCUT2D eigenvalue weighted by Gasteiger charge is 2.06. The van der Waals surface area contributed by atoms with Crippen molar-refractivity contribution in [2.45, 2.75) is 39.2 Å². The van der Waals surface area contributed by atoms with Crippen molar-refractivity contribution in [3.63, 3.8) is 0 Å². The second-order valence-corrected chi connectivity index (χ2v) is 4.29. The molecule has 1 atom stereocenters. The lowest BCUT2D eigenvalue weighted by Crippen LogP contribution is -2.37. The maximum atomic E-state index is 11.4. The van der Waals surface area contributed by atoms with Gasteiger partial charge in [-0.1, -0.05) is 6.92 Å². The van der Waals surface area contributed by atoms with Gasteiger partial charge in [-0.2, -0.15) is 0 Å². The number of nitrogens with zero attached hydrogens (tertiary/aromatic N) is 1. The topological polar surface area (TPSA) is 44.4 Å². The van der Waals surface area contributed by atoms with Crippen molar-refractivity contribution in [1.82, 2.24) is 15.5 Å². The fourth-order valence-electron chi connectivity index (χ4n) is 1.42. The largest absolute Gasteiger partial charge is 0.355 e. The Hall–Kier alpha value is -0.610. The molecule has 0 aliphatic carbocycles. The first kappa shape index (κ1) is 15.4. The highest BCUT2D eigenvalue weighted by atomic mass is 16.1. The standard InChI is InChI=1S/C12H27N3O/c1-5-11(2)15(4)10-9-14-12(16)7-6-8-13-3/h11,13H,5-10H2,1-4H3,(H,14,16). The molecule has 1 amide bonds. The Bertz CT molecular complexity index is 185. The van der Waals surface area contributed by atoms with E-state index in [4.69, 9.17) is 0 Å². The summed E-state index contributed by atoms with van der Waals surface area (Å²) >= 11 is 0. The van der Waals surface area contributed by atoms with E-state index < -0.39 is 0 Å². The second-order valence-electron chi connectivity index (χ2n) is 4.29. The van der Waals surface area contributed by atoms with Crippen LogP contribution in [0.25, 0.3) is 0 Å².